The Labute approximate surface area is 258 Å². The van der Waals surface area contributed by atoms with E-state index >= 15 is 0 Å². The highest BCUT2D eigenvalue weighted by molar-refractivity contribution is 6.17. The van der Waals surface area contributed by atoms with Gasteiger partial charge in [0, 0.05) is 27.8 Å². The molecule has 0 bridgehead atoms. The molecule has 2 atom stereocenters. The van der Waals surface area contributed by atoms with Gasteiger partial charge in [-0.25, -0.2) is 0 Å². The molecule has 0 spiro atoms. The molecular formula is C42H34N2. The van der Waals surface area contributed by atoms with Gasteiger partial charge in [0.1, 0.15) is 0 Å². The third-order valence-electron chi connectivity index (χ3n) is 10.1. The zero-order valence-electron chi connectivity index (χ0n) is 25.1. The van der Waals surface area contributed by atoms with Gasteiger partial charge in [-0.15, -0.1) is 0 Å². The molecule has 0 amide bonds. The van der Waals surface area contributed by atoms with Gasteiger partial charge in [0.05, 0.1) is 17.1 Å². The second-order valence-electron chi connectivity index (χ2n) is 12.9. The Morgan fingerprint density at radius 2 is 1.48 bits per heavy atom. The predicted octanol–water partition coefficient (Wildman–Crippen LogP) is 10.5. The Morgan fingerprint density at radius 1 is 0.682 bits per heavy atom. The van der Waals surface area contributed by atoms with Crippen LogP contribution in [0.25, 0.3) is 44.1 Å². The Kier molecular flexibility index (Phi) is 5.47. The van der Waals surface area contributed by atoms with Crippen LogP contribution >= 0.6 is 0 Å². The van der Waals surface area contributed by atoms with Gasteiger partial charge in [-0.3, -0.25) is 9.69 Å². The third kappa shape index (κ3) is 3.55. The van der Waals surface area contributed by atoms with Crippen molar-refractivity contribution in [1.82, 2.24) is 4.68 Å². The SMILES string of the molecule is CC1(C)c2ccccc2-c2c1ccc1c2c2ccccc2n1N1C(C2C=CC=CC2)=CC1c1cccc(-c2ccccc2)c1. The third-order valence-corrected chi connectivity index (χ3v) is 10.1. The lowest BCUT2D eigenvalue weighted by molar-refractivity contribution is 0.511. The summed E-state index contributed by atoms with van der Waals surface area (Å²) in [5.74, 6) is 0.346. The van der Waals surface area contributed by atoms with Gasteiger partial charge in [0.25, 0.3) is 0 Å². The van der Waals surface area contributed by atoms with Crippen LogP contribution < -0.4 is 5.01 Å². The number of fused-ring (bicyclic) bond motifs is 7. The number of allylic oxidation sites excluding steroid dienone is 4. The van der Waals surface area contributed by atoms with Crippen molar-refractivity contribution in [1.29, 1.82) is 0 Å². The van der Waals surface area contributed by atoms with Crippen molar-refractivity contribution < 1.29 is 0 Å². The van der Waals surface area contributed by atoms with Crippen LogP contribution in [0.15, 0.2) is 151 Å². The lowest BCUT2D eigenvalue weighted by Gasteiger charge is -2.46. The molecule has 6 aromatic rings. The van der Waals surface area contributed by atoms with Gasteiger partial charge in [0.2, 0.25) is 0 Å². The summed E-state index contributed by atoms with van der Waals surface area (Å²) in [6.45, 7) is 4.75. The quantitative estimate of drug-likeness (QED) is 0.206. The Hall–Kier alpha value is -5.08. The first-order valence-corrected chi connectivity index (χ1v) is 15.8. The van der Waals surface area contributed by atoms with Crippen LogP contribution in [0.3, 0.4) is 0 Å². The molecule has 0 saturated heterocycles. The summed E-state index contributed by atoms with van der Waals surface area (Å²) >= 11 is 0. The molecule has 5 aromatic carbocycles. The van der Waals surface area contributed by atoms with Crippen LogP contribution in [-0.4, -0.2) is 4.68 Å². The van der Waals surface area contributed by atoms with Crippen molar-refractivity contribution in [2.24, 2.45) is 5.92 Å². The lowest BCUT2D eigenvalue weighted by atomic mass is 9.82. The van der Waals surface area contributed by atoms with Crippen molar-refractivity contribution >= 4 is 21.8 Å². The first kappa shape index (κ1) is 25.4. The molecule has 2 aliphatic carbocycles. The molecule has 44 heavy (non-hydrogen) atoms. The molecular weight excluding hydrogens is 532 g/mol. The second-order valence-corrected chi connectivity index (χ2v) is 12.9. The zero-order valence-corrected chi connectivity index (χ0v) is 25.1. The van der Waals surface area contributed by atoms with E-state index < -0.39 is 0 Å². The van der Waals surface area contributed by atoms with Crippen LogP contribution in [0.4, 0.5) is 0 Å². The average Bonchev–Trinajstić information content (AvgIpc) is 3.50. The lowest BCUT2D eigenvalue weighted by Crippen LogP contribution is -2.46. The molecule has 9 rings (SSSR count). The van der Waals surface area contributed by atoms with Crippen molar-refractivity contribution in [2.45, 2.75) is 31.7 Å². The molecule has 1 aromatic heterocycles. The minimum atomic E-state index is -0.0369. The average molecular weight is 567 g/mol. The maximum atomic E-state index is 2.58. The number of hydrogen-bond donors (Lipinski definition) is 0. The Balaban J connectivity index is 1.29. The molecule has 2 nitrogen and oxygen atoms in total. The van der Waals surface area contributed by atoms with Crippen LogP contribution in [0.5, 0.6) is 0 Å². The molecule has 2 heteroatoms. The smallest absolute Gasteiger partial charge is 0.0958 e. The molecule has 2 unspecified atom stereocenters. The minimum absolute atomic E-state index is 0.0369. The largest absolute Gasteiger partial charge is 0.273 e. The highest BCUT2D eigenvalue weighted by Gasteiger charge is 2.40. The predicted molar refractivity (Wildman–Crippen MR) is 184 cm³/mol. The van der Waals surface area contributed by atoms with Crippen molar-refractivity contribution in [2.75, 3.05) is 5.01 Å². The minimum Gasteiger partial charge on any atom is -0.273 e. The van der Waals surface area contributed by atoms with E-state index in [1.807, 2.05) is 0 Å². The van der Waals surface area contributed by atoms with Gasteiger partial charge in [-0.1, -0.05) is 135 Å². The van der Waals surface area contributed by atoms with Gasteiger partial charge in [-0.05, 0) is 69.6 Å². The highest BCUT2D eigenvalue weighted by atomic mass is 15.6. The van der Waals surface area contributed by atoms with Crippen LogP contribution in [0.1, 0.15) is 43.0 Å². The van der Waals surface area contributed by atoms with E-state index in [1.54, 1.807) is 0 Å². The van der Waals surface area contributed by atoms with E-state index in [9.17, 15) is 0 Å². The maximum Gasteiger partial charge on any atom is 0.0958 e. The molecule has 0 saturated carbocycles. The maximum absolute atomic E-state index is 2.58. The number of benzene rings is 5. The van der Waals surface area contributed by atoms with Gasteiger partial charge < -0.3 is 0 Å². The molecule has 1 aliphatic heterocycles. The van der Waals surface area contributed by atoms with E-state index in [0.29, 0.717) is 5.92 Å². The topological polar surface area (TPSA) is 8.17 Å². The van der Waals surface area contributed by atoms with Crippen LogP contribution in [0.2, 0.25) is 0 Å². The van der Waals surface area contributed by atoms with Crippen LogP contribution in [-0.2, 0) is 5.41 Å². The fourth-order valence-electron chi connectivity index (χ4n) is 7.95. The van der Waals surface area contributed by atoms with Gasteiger partial charge >= 0.3 is 0 Å². The fraction of sp³-hybridized carbons (Fsp3) is 0.143. The van der Waals surface area contributed by atoms with Gasteiger partial charge in [-0.2, -0.15) is 0 Å². The second kappa shape index (κ2) is 9.46. The zero-order chi connectivity index (χ0) is 29.4. The highest BCUT2D eigenvalue weighted by Crippen LogP contribution is 2.53. The number of rotatable bonds is 4. The summed E-state index contributed by atoms with van der Waals surface area (Å²) in [6.07, 6.45) is 12.5. The Bertz CT molecular complexity index is 2190. The number of nitrogens with zero attached hydrogens (tertiary/aromatic N) is 2. The fourth-order valence-corrected chi connectivity index (χ4v) is 7.95. The Morgan fingerprint density at radius 3 is 2.34 bits per heavy atom. The molecule has 212 valence electrons. The van der Waals surface area contributed by atoms with Crippen molar-refractivity contribution in [3.63, 3.8) is 0 Å². The summed E-state index contributed by atoms with van der Waals surface area (Å²) in [5.41, 5.74) is 13.3. The van der Waals surface area contributed by atoms with Crippen LogP contribution in [0, 0.1) is 5.92 Å². The summed E-state index contributed by atoms with van der Waals surface area (Å²) in [5, 5.41) is 5.26. The molecule has 0 fully saturated rings. The first-order valence-electron chi connectivity index (χ1n) is 15.8. The van der Waals surface area contributed by atoms with Crippen molar-refractivity contribution in [3.8, 4) is 22.3 Å². The van der Waals surface area contributed by atoms with E-state index in [-0.39, 0.29) is 11.5 Å². The number of para-hydroxylation sites is 1. The molecule has 2 heterocycles. The van der Waals surface area contributed by atoms with E-state index in [1.165, 1.54) is 66.4 Å². The molecule has 0 radical (unpaired) electrons. The monoisotopic (exact) mass is 566 g/mol. The summed E-state index contributed by atoms with van der Waals surface area (Å²) in [6, 6.07) is 42.7. The number of aromatic nitrogens is 1. The van der Waals surface area contributed by atoms with E-state index in [0.717, 1.165) is 6.42 Å². The summed E-state index contributed by atoms with van der Waals surface area (Å²) in [7, 11) is 0. The molecule has 0 N–H and O–H groups in total. The van der Waals surface area contributed by atoms with Crippen molar-refractivity contribution in [3.05, 3.63) is 168 Å². The van der Waals surface area contributed by atoms with E-state index in [4.69, 9.17) is 0 Å². The summed E-state index contributed by atoms with van der Waals surface area (Å²) in [4.78, 5) is 0. The van der Waals surface area contributed by atoms with Gasteiger partial charge in [0.15, 0.2) is 0 Å². The van der Waals surface area contributed by atoms with E-state index in [2.05, 4.69) is 169 Å². The summed E-state index contributed by atoms with van der Waals surface area (Å²) < 4.78 is 2.53. The normalized spacial score (nSPS) is 19.6. The first-order chi connectivity index (χ1) is 21.6. The number of hydrogen-bond acceptors (Lipinski definition) is 1. The molecule has 3 aliphatic rings. The standard InChI is InChI=1S/C42H34N2/c1-42(2)34-22-11-9-20-32(34)40-35(42)24-25-37-41(40)33-21-10-12-23-36(33)43(37)44-38(29-16-7-4-8-17-29)27-39(44)31-19-13-18-30(26-31)28-14-5-3-6-15-28/h3-16,18-27,29,39H,17H2,1-2H3.